The lowest BCUT2D eigenvalue weighted by Gasteiger charge is -2.31. The van der Waals surface area contributed by atoms with Gasteiger partial charge in [-0.15, -0.1) is 0 Å². The Balaban J connectivity index is 2.36. The summed E-state index contributed by atoms with van der Waals surface area (Å²) in [7, 11) is -4.05. The van der Waals surface area contributed by atoms with E-state index in [1.54, 1.807) is 12.1 Å². The smallest absolute Gasteiger partial charge is 0.405 e. The fourth-order valence-electron chi connectivity index (χ4n) is 4.13. The van der Waals surface area contributed by atoms with Gasteiger partial charge in [0, 0.05) is 13.1 Å². The van der Waals surface area contributed by atoms with Crippen LogP contribution in [0.15, 0.2) is 64.6 Å². The second-order valence-corrected chi connectivity index (χ2v) is 11.8. The maximum absolute atomic E-state index is 13.6. The maximum atomic E-state index is 13.6. The number of carbonyl (C=O) groups excluding carboxylic acids is 1. The van der Waals surface area contributed by atoms with E-state index < -0.39 is 40.2 Å². The molecule has 3 atom stereocenters. The molecule has 220 valence electrons. The normalized spacial score (nSPS) is 14.2. The standard InChI is InChI=1S/C27H39N5O7S/c1-19(2)17-32(40(38,39)22-12-10-21(11-13-22)16-29-37)18-25(33)24(15-20-7-4-3-5-8-20)30-26(34)23(9-6-14-28)31-27(35)36/h3-5,7-8,10-13,16,19,23-25,31,33,37H,6,9,14-15,17-18,28H2,1-2H3,(H,30,34)(H,35,36)/t23-,24-,25+/m0/s1. The van der Waals surface area contributed by atoms with E-state index in [0.29, 0.717) is 12.0 Å². The summed E-state index contributed by atoms with van der Waals surface area (Å²) in [5.74, 6) is -0.722. The Kier molecular flexibility index (Phi) is 13.0. The molecule has 0 aromatic heterocycles. The van der Waals surface area contributed by atoms with E-state index in [1.165, 1.54) is 34.8 Å². The van der Waals surface area contributed by atoms with Gasteiger partial charge in [0.2, 0.25) is 15.9 Å². The largest absolute Gasteiger partial charge is 0.465 e. The van der Waals surface area contributed by atoms with Crippen LogP contribution in [-0.2, 0) is 21.2 Å². The van der Waals surface area contributed by atoms with E-state index >= 15 is 0 Å². The van der Waals surface area contributed by atoms with Gasteiger partial charge in [-0.3, -0.25) is 4.79 Å². The lowest BCUT2D eigenvalue weighted by atomic mass is 10.00. The zero-order valence-corrected chi connectivity index (χ0v) is 23.5. The highest BCUT2D eigenvalue weighted by molar-refractivity contribution is 7.89. The molecule has 40 heavy (non-hydrogen) atoms. The summed E-state index contributed by atoms with van der Waals surface area (Å²) >= 11 is 0. The number of carbonyl (C=O) groups is 2. The van der Waals surface area contributed by atoms with Crippen LogP contribution in [0.1, 0.15) is 37.8 Å². The lowest BCUT2D eigenvalue weighted by molar-refractivity contribution is -0.124. The first-order chi connectivity index (χ1) is 19.0. The third-order valence-corrected chi connectivity index (χ3v) is 7.93. The second-order valence-electron chi connectivity index (χ2n) is 9.83. The topological polar surface area (TPSA) is 195 Å². The van der Waals surface area contributed by atoms with E-state index in [0.717, 1.165) is 5.56 Å². The van der Waals surface area contributed by atoms with Gasteiger partial charge < -0.3 is 31.8 Å². The van der Waals surface area contributed by atoms with E-state index in [9.17, 15) is 28.2 Å². The molecule has 0 aliphatic heterocycles. The van der Waals surface area contributed by atoms with E-state index in [4.69, 9.17) is 10.9 Å². The molecule has 13 heteroatoms. The third kappa shape index (κ3) is 10.2. The van der Waals surface area contributed by atoms with Gasteiger partial charge in [-0.25, -0.2) is 13.2 Å². The summed E-state index contributed by atoms with van der Waals surface area (Å²) < 4.78 is 28.3. The number of aliphatic hydroxyl groups is 1. The van der Waals surface area contributed by atoms with Gasteiger partial charge >= 0.3 is 6.09 Å². The van der Waals surface area contributed by atoms with Crippen molar-refractivity contribution in [1.82, 2.24) is 14.9 Å². The highest BCUT2D eigenvalue weighted by Gasteiger charge is 2.32. The van der Waals surface area contributed by atoms with E-state index in [-0.39, 0.29) is 43.3 Å². The number of benzene rings is 2. The molecule has 7 N–H and O–H groups in total. The summed E-state index contributed by atoms with van der Waals surface area (Å²) in [4.78, 5) is 24.4. The van der Waals surface area contributed by atoms with Crippen LogP contribution in [0.4, 0.5) is 4.79 Å². The van der Waals surface area contributed by atoms with Gasteiger partial charge in [0.05, 0.1) is 23.3 Å². The maximum Gasteiger partial charge on any atom is 0.405 e. The quantitative estimate of drug-likeness (QED) is 0.0983. The molecule has 0 radical (unpaired) electrons. The predicted molar refractivity (Wildman–Crippen MR) is 151 cm³/mol. The monoisotopic (exact) mass is 577 g/mol. The Morgan fingerprint density at radius 3 is 2.25 bits per heavy atom. The molecule has 2 rings (SSSR count). The Morgan fingerprint density at radius 2 is 1.70 bits per heavy atom. The average molecular weight is 578 g/mol. The summed E-state index contributed by atoms with van der Waals surface area (Å²) in [6.07, 6.45) is -0.805. The first-order valence-electron chi connectivity index (χ1n) is 13.0. The zero-order valence-electron chi connectivity index (χ0n) is 22.7. The molecule has 0 bridgehead atoms. The van der Waals surface area contributed by atoms with Crippen molar-refractivity contribution in [2.75, 3.05) is 19.6 Å². The second kappa shape index (κ2) is 15.9. The molecule has 0 aliphatic rings. The van der Waals surface area contributed by atoms with Crippen molar-refractivity contribution < 1.29 is 33.4 Å². The summed E-state index contributed by atoms with van der Waals surface area (Å²) in [5, 5.41) is 37.1. The Labute approximate surface area is 234 Å². The number of nitrogens with one attached hydrogen (secondary N) is 2. The summed E-state index contributed by atoms with van der Waals surface area (Å²) in [6, 6.07) is 12.8. The summed E-state index contributed by atoms with van der Waals surface area (Å²) in [5.41, 5.74) is 6.83. The van der Waals surface area contributed by atoms with Crippen molar-refractivity contribution >= 4 is 28.2 Å². The fraction of sp³-hybridized carbons (Fsp3) is 0.444. The van der Waals surface area contributed by atoms with Crippen molar-refractivity contribution in [1.29, 1.82) is 0 Å². The van der Waals surface area contributed by atoms with Gasteiger partial charge in [-0.2, -0.15) is 4.31 Å². The van der Waals surface area contributed by atoms with Crippen LogP contribution < -0.4 is 16.4 Å². The SMILES string of the molecule is CC(C)CN(C[C@@H](O)[C@H](Cc1ccccc1)NC(=O)[C@H](CCCN)NC(=O)O)S(=O)(=O)c1ccc(C=NO)cc1. The molecular formula is C27H39N5O7S. The number of amides is 2. The average Bonchev–Trinajstić information content (AvgIpc) is 2.90. The predicted octanol–water partition coefficient (Wildman–Crippen LogP) is 1.60. The minimum Gasteiger partial charge on any atom is -0.465 e. The molecule has 0 aliphatic carbocycles. The lowest BCUT2D eigenvalue weighted by Crippen LogP contribution is -2.55. The van der Waals surface area contributed by atoms with Crippen LogP contribution >= 0.6 is 0 Å². The minimum atomic E-state index is -4.05. The Hall–Kier alpha value is -3.52. The van der Waals surface area contributed by atoms with Crippen molar-refractivity contribution in [3.05, 3.63) is 65.7 Å². The molecule has 0 unspecified atom stereocenters. The molecular weight excluding hydrogens is 538 g/mol. The number of carboxylic acid groups (broad SMARTS) is 1. The summed E-state index contributed by atoms with van der Waals surface area (Å²) in [6.45, 7) is 3.73. The highest BCUT2D eigenvalue weighted by Crippen LogP contribution is 2.20. The van der Waals surface area contributed by atoms with Gasteiger partial charge in [-0.1, -0.05) is 61.5 Å². The molecule has 0 heterocycles. The van der Waals surface area contributed by atoms with Crippen LogP contribution in [-0.4, -0.2) is 84.2 Å². The van der Waals surface area contributed by atoms with Crippen molar-refractivity contribution in [2.24, 2.45) is 16.8 Å². The number of hydrogen-bond donors (Lipinski definition) is 6. The van der Waals surface area contributed by atoms with Crippen LogP contribution in [0.5, 0.6) is 0 Å². The molecule has 0 spiro atoms. The van der Waals surface area contributed by atoms with Crippen molar-refractivity contribution in [3.63, 3.8) is 0 Å². The number of aliphatic hydroxyl groups excluding tert-OH is 1. The molecule has 12 nitrogen and oxygen atoms in total. The van der Waals surface area contributed by atoms with Gasteiger partial charge in [0.15, 0.2) is 0 Å². The van der Waals surface area contributed by atoms with Crippen LogP contribution in [0, 0.1) is 5.92 Å². The Morgan fingerprint density at radius 1 is 1.05 bits per heavy atom. The van der Waals surface area contributed by atoms with Crippen LogP contribution in [0.3, 0.4) is 0 Å². The Bertz CT molecular complexity index is 1210. The molecule has 0 saturated carbocycles. The van der Waals surface area contributed by atoms with Crippen molar-refractivity contribution in [2.45, 2.75) is 56.2 Å². The molecule has 2 aromatic rings. The number of hydrogen-bond acceptors (Lipinski definition) is 8. The fourth-order valence-corrected chi connectivity index (χ4v) is 5.75. The van der Waals surface area contributed by atoms with Gasteiger partial charge in [-0.05, 0) is 55.0 Å². The van der Waals surface area contributed by atoms with Crippen molar-refractivity contribution in [3.8, 4) is 0 Å². The van der Waals surface area contributed by atoms with Crippen LogP contribution in [0.25, 0.3) is 0 Å². The molecule has 0 fully saturated rings. The van der Waals surface area contributed by atoms with Gasteiger partial charge in [0.25, 0.3) is 0 Å². The minimum absolute atomic E-state index is 0.00779. The van der Waals surface area contributed by atoms with Gasteiger partial charge in [0.1, 0.15) is 6.04 Å². The first kappa shape index (κ1) is 32.7. The molecule has 0 saturated heterocycles. The third-order valence-electron chi connectivity index (χ3n) is 6.09. The number of rotatable bonds is 16. The number of oxime groups is 1. The molecule has 2 aromatic carbocycles. The number of nitrogens with zero attached hydrogens (tertiary/aromatic N) is 2. The number of nitrogens with two attached hydrogens (primary N) is 1. The molecule has 2 amide bonds. The zero-order chi connectivity index (χ0) is 29.7. The first-order valence-corrected chi connectivity index (χ1v) is 14.4. The highest BCUT2D eigenvalue weighted by atomic mass is 32.2. The number of sulfonamides is 1. The van der Waals surface area contributed by atoms with E-state index in [1.807, 2.05) is 32.0 Å². The van der Waals surface area contributed by atoms with E-state index in [2.05, 4.69) is 15.8 Å². The van der Waals surface area contributed by atoms with Crippen LogP contribution in [0.2, 0.25) is 0 Å².